The van der Waals surface area contributed by atoms with Gasteiger partial charge in [0, 0.05) is 42.3 Å². The first-order valence-corrected chi connectivity index (χ1v) is 11.1. The second-order valence-electron chi connectivity index (χ2n) is 7.81. The number of amides is 1. The highest BCUT2D eigenvalue weighted by Gasteiger charge is 2.26. The summed E-state index contributed by atoms with van der Waals surface area (Å²) < 4.78 is 20.1. The maximum Gasteiger partial charge on any atom is 0.254 e. The molecule has 0 unspecified atom stereocenters. The largest absolute Gasteiger partial charge is 0.436 e. The van der Waals surface area contributed by atoms with E-state index in [0.29, 0.717) is 59.7 Å². The molecule has 33 heavy (non-hydrogen) atoms. The van der Waals surface area contributed by atoms with Gasteiger partial charge < -0.3 is 14.2 Å². The lowest BCUT2D eigenvalue weighted by atomic mass is 10.1. The third-order valence-electron chi connectivity index (χ3n) is 5.78. The van der Waals surface area contributed by atoms with E-state index in [1.54, 1.807) is 41.4 Å². The highest BCUT2D eigenvalue weighted by molar-refractivity contribution is 6.30. The van der Waals surface area contributed by atoms with E-state index in [2.05, 4.69) is 4.98 Å². The van der Waals surface area contributed by atoms with Crippen molar-refractivity contribution < 1.29 is 13.6 Å². The quantitative estimate of drug-likeness (QED) is 0.387. The molecule has 0 N–H and O–H groups in total. The van der Waals surface area contributed by atoms with E-state index in [0.717, 1.165) is 5.56 Å². The molecule has 0 saturated carbocycles. The predicted molar refractivity (Wildman–Crippen MR) is 127 cm³/mol. The van der Waals surface area contributed by atoms with Crippen LogP contribution in [-0.4, -0.2) is 42.0 Å². The van der Waals surface area contributed by atoms with Gasteiger partial charge >= 0.3 is 0 Å². The van der Waals surface area contributed by atoms with Crippen molar-refractivity contribution in [1.82, 2.24) is 9.88 Å². The van der Waals surface area contributed by atoms with E-state index in [4.69, 9.17) is 16.0 Å². The fourth-order valence-corrected chi connectivity index (χ4v) is 4.16. The average Bonchev–Trinajstić information content (AvgIpc) is 3.35. The first-order valence-electron chi connectivity index (χ1n) is 10.7. The Labute approximate surface area is 196 Å². The number of benzene rings is 3. The molecule has 1 amide bonds. The summed E-state index contributed by atoms with van der Waals surface area (Å²) in [5.41, 5.74) is 2.59. The lowest BCUT2D eigenvalue weighted by Crippen LogP contribution is -2.49. The molecule has 166 valence electrons. The fraction of sp³-hybridized carbons (Fsp3) is 0.154. The topological polar surface area (TPSA) is 49.6 Å². The van der Waals surface area contributed by atoms with E-state index in [1.165, 1.54) is 6.07 Å². The monoisotopic (exact) mass is 461 g/mol. The second-order valence-corrected chi connectivity index (χ2v) is 8.25. The zero-order valence-corrected chi connectivity index (χ0v) is 18.5. The van der Waals surface area contributed by atoms with Gasteiger partial charge in [0.25, 0.3) is 5.91 Å². The molecule has 5 rings (SSSR count). The van der Waals surface area contributed by atoms with E-state index in [-0.39, 0.29) is 11.7 Å². The summed E-state index contributed by atoms with van der Waals surface area (Å²) in [6.45, 7) is 2.13. The van der Waals surface area contributed by atoms with Crippen molar-refractivity contribution in [2.45, 2.75) is 0 Å². The van der Waals surface area contributed by atoms with E-state index >= 15 is 0 Å². The van der Waals surface area contributed by atoms with Gasteiger partial charge in [0.1, 0.15) is 5.82 Å². The van der Waals surface area contributed by atoms with Crippen molar-refractivity contribution in [3.63, 3.8) is 0 Å². The summed E-state index contributed by atoms with van der Waals surface area (Å²) in [6.07, 6.45) is 1.65. The van der Waals surface area contributed by atoms with Crippen LogP contribution in [0.5, 0.6) is 0 Å². The Morgan fingerprint density at radius 2 is 1.61 bits per heavy atom. The Morgan fingerprint density at radius 1 is 0.909 bits per heavy atom. The van der Waals surface area contributed by atoms with Gasteiger partial charge in [0.15, 0.2) is 5.76 Å². The van der Waals surface area contributed by atoms with Gasteiger partial charge in [-0.3, -0.25) is 4.79 Å². The maximum atomic E-state index is 14.1. The minimum absolute atomic E-state index is 0.0926. The number of carbonyl (C=O) groups is 1. The number of oxazole rings is 1. The van der Waals surface area contributed by atoms with Gasteiger partial charge in [-0.15, -0.1) is 0 Å². The minimum atomic E-state index is -0.247. The summed E-state index contributed by atoms with van der Waals surface area (Å²) >= 11 is 5.97. The number of rotatable bonds is 4. The van der Waals surface area contributed by atoms with Crippen molar-refractivity contribution in [2.75, 3.05) is 31.1 Å². The Hall–Kier alpha value is -3.64. The zero-order chi connectivity index (χ0) is 22.8. The van der Waals surface area contributed by atoms with Gasteiger partial charge in [-0.25, -0.2) is 9.37 Å². The molecule has 1 saturated heterocycles. The molecule has 0 bridgehead atoms. The summed E-state index contributed by atoms with van der Waals surface area (Å²) in [4.78, 5) is 21.5. The van der Waals surface area contributed by atoms with Gasteiger partial charge in [0.2, 0.25) is 5.89 Å². The third-order valence-corrected chi connectivity index (χ3v) is 6.03. The summed E-state index contributed by atoms with van der Waals surface area (Å²) in [6, 6.07) is 21.3. The van der Waals surface area contributed by atoms with Gasteiger partial charge in [-0.2, -0.15) is 0 Å². The number of nitrogens with zero attached hydrogens (tertiary/aromatic N) is 3. The van der Waals surface area contributed by atoms with Crippen molar-refractivity contribution in [3.8, 4) is 22.8 Å². The van der Waals surface area contributed by atoms with Crippen LogP contribution in [0.2, 0.25) is 5.02 Å². The van der Waals surface area contributed by atoms with Crippen LogP contribution in [0.15, 0.2) is 83.4 Å². The molecule has 2 heterocycles. The smallest absolute Gasteiger partial charge is 0.254 e. The molecule has 0 atom stereocenters. The molecule has 4 aromatic rings. The molecule has 0 radical (unpaired) electrons. The normalized spacial score (nSPS) is 13.9. The molecule has 0 spiro atoms. The number of hydrogen-bond acceptors (Lipinski definition) is 4. The predicted octanol–water partition coefficient (Wildman–Crippen LogP) is 5.76. The Morgan fingerprint density at radius 3 is 2.36 bits per heavy atom. The Bertz CT molecular complexity index is 1280. The number of halogens is 2. The fourth-order valence-electron chi connectivity index (χ4n) is 4.03. The molecule has 1 fully saturated rings. The van der Waals surface area contributed by atoms with Crippen LogP contribution in [-0.2, 0) is 0 Å². The van der Waals surface area contributed by atoms with Gasteiger partial charge in [-0.1, -0.05) is 35.9 Å². The molecule has 1 aliphatic heterocycles. The number of carbonyl (C=O) groups excluding carboxylic acids is 1. The summed E-state index contributed by atoms with van der Waals surface area (Å²) in [5.74, 6) is 0.643. The third kappa shape index (κ3) is 4.34. The minimum Gasteiger partial charge on any atom is -0.436 e. The molecule has 0 aliphatic carbocycles. The summed E-state index contributed by atoms with van der Waals surface area (Å²) in [5, 5.41) is 0.643. The lowest BCUT2D eigenvalue weighted by molar-refractivity contribution is 0.0747. The maximum absolute atomic E-state index is 14.1. The van der Waals surface area contributed by atoms with E-state index in [1.807, 2.05) is 41.3 Å². The molecule has 7 heteroatoms. The lowest BCUT2D eigenvalue weighted by Gasteiger charge is -2.36. The molecule has 1 aliphatic rings. The second kappa shape index (κ2) is 9.08. The van der Waals surface area contributed by atoms with Crippen LogP contribution in [0.1, 0.15) is 10.4 Å². The Kier molecular flexibility index (Phi) is 5.84. The summed E-state index contributed by atoms with van der Waals surface area (Å²) in [7, 11) is 0. The van der Waals surface area contributed by atoms with Crippen molar-refractivity contribution in [2.24, 2.45) is 0 Å². The van der Waals surface area contributed by atoms with Gasteiger partial charge in [-0.05, 0) is 48.5 Å². The van der Waals surface area contributed by atoms with Crippen LogP contribution >= 0.6 is 11.6 Å². The van der Waals surface area contributed by atoms with Crippen LogP contribution in [0.3, 0.4) is 0 Å². The number of aromatic nitrogens is 1. The number of piperazine rings is 1. The number of para-hydroxylation sites is 1. The highest BCUT2D eigenvalue weighted by Crippen LogP contribution is 2.30. The standard InChI is InChI=1S/C26H21ClFN3O2/c27-19-11-9-18(10-12-19)24-17-29-25(33-24)20-5-1-2-6-21(20)26(32)31-15-13-30(14-16-31)23-8-4-3-7-22(23)28/h1-12,17H,13-16H2. The molecular formula is C26H21ClFN3O2. The van der Waals surface area contributed by atoms with E-state index < -0.39 is 0 Å². The zero-order valence-electron chi connectivity index (χ0n) is 17.7. The highest BCUT2D eigenvalue weighted by atomic mass is 35.5. The van der Waals surface area contributed by atoms with Crippen LogP contribution in [0, 0.1) is 5.82 Å². The molecule has 1 aromatic heterocycles. The van der Waals surface area contributed by atoms with Crippen LogP contribution < -0.4 is 4.90 Å². The molecule has 5 nitrogen and oxygen atoms in total. The van der Waals surface area contributed by atoms with Crippen molar-refractivity contribution in [1.29, 1.82) is 0 Å². The first kappa shape index (κ1) is 21.2. The Balaban J connectivity index is 1.35. The van der Waals surface area contributed by atoms with Crippen LogP contribution in [0.4, 0.5) is 10.1 Å². The number of anilines is 1. The van der Waals surface area contributed by atoms with Crippen LogP contribution in [0.25, 0.3) is 22.8 Å². The van der Waals surface area contributed by atoms with Crippen molar-refractivity contribution in [3.05, 3.63) is 95.4 Å². The number of hydrogen-bond donors (Lipinski definition) is 0. The first-order chi connectivity index (χ1) is 16.1. The van der Waals surface area contributed by atoms with E-state index in [9.17, 15) is 9.18 Å². The SMILES string of the molecule is O=C(c1ccccc1-c1ncc(-c2ccc(Cl)cc2)o1)N1CCN(c2ccccc2F)CC1. The van der Waals surface area contributed by atoms with Gasteiger partial charge in [0.05, 0.1) is 17.4 Å². The van der Waals surface area contributed by atoms with Crippen molar-refractivity contribution >= 4 is 23.2 Å². The average molecular weight is 462 g/mol. The molecule has 3 aromatic carbocycles. The molecular weight excluding hydrogens is 441 g/mol.